The molecule has 0 aliphatic carbocycles. The largest absolute Gasteiger partial charge is 0.507 e. The van der Waals surface area contributed by atoms with Crippen molar-refractivity contribution in [2.24, 2.45) is 0 Å². The summed E-state index contributed by atoms with van der Waals surface area (Å²) in [6, 6.07) is 25.6. The van der Waals surface area contributed by atoms with Gasteiger partial charge in [-0.05, 0) is 23.8 Å². The lowest BCUT2D eigenvalue weighted by Gasteiger charge is -2.14. The molecule has 4 aromatic rings. The molecule has 1 aromatic heterocycles. The molecule has 0 aliphatic rings. The van der Waals surface area contributed by atoms with Crippen molar-refractivity contribution >= 4 is 0 Å². The van der Waals surface area contributed by atoms with Gasteiger partial charge >= 0.3 is 0 Å². The van der Waals surface area contributed by atoms with Crippen molar-refractivity contribution in [2.75, 3.05) is 7.11 Å². The first-order chi connectivity index (χ1) is 13.3. The van der Waals surface area contributed by atoms with E-state index < -0.39 is 0 Å². The number of rotatable bonds is 5. The van der Waals surface area contributed by atoms with Crippen LogP contribution in [0.4, 0.5) is 0 Å². The highest BCUT2D eigenvalue weighted by Crippen LogP contribution is 2.40. The molecule has 4 heteroatoms. The van der Waals surface area contributed by atoms with Crippen LogP contribution in [0.1, 0.15) is 5.56 Å². The minimum absolute atomic E-state index is 0.220. The van der Waals surface area contributed by atoms with Crippen molar-refractivity contribution in [3.63, 3.8) is 0 Å². The van der Waals surface area contributed by atoms with E-state index >= 15 is 0 Å². The van der Waals surface area contributed by atoms with Gasteiger partial charge in [0.2, 0.25) is 0 Å². The minimum Gasteiger partial charge on any atom is -0.507 e. The first-order valence-corrected chi connectivity index (χ1v) is 8.79. The van der Waals surface area contributed by atoms with E-state index in [-0.39, 0.29) is 5.75 Å². The van der Waals surface area contributed by atoms with Crippen LogP contribution in [0.3, 0.4) is 0 Å². The number of phenols is 1. The van der Waals surface area contributed by atoms with E-state index in [9.17, 15) is 5.11 Å². The van der Waals surface area contributed by atoms with Crippen LogP contribution in [0.15, 0.2) is 85.1 Å². The molecule has 134 valence electrons. The average Bonchev–Trinajstić information content (AvgIpc) is 3.19. The lowest BCUT2D eigenvalue weighted by atomic mass is 10.00. The Hall–Kier alpha value is -3.53. The zero-order chi connectivity index (χ0) is 18.6. The van der Waals surface area contributed by atoms with Crippen molar-refractivity contribution in [1.29, 1.82) is 0 Å². The molecule has 4 rings (SSSR count). The Morgan fingerprint density at radius 3 is 2.19 bits per heavy atom. The zero-order valence-electron chi connectivity index (χ0n) is 15.0. The molecule has 0 spiro atoms. The predicted octanol–water partition coefficient (Wildman–Crippen LogP) is 4.98. The second kappa shape index (κ2) is 7.38. The molecule has 0 saturated heterocycles. The van der Waals surface area contributed by atoms with Crippen molar-refractivity contribution in [3.05, 3.63) is 90.6 Å². The van der Waals surface area contributed by atoms with E-state index in [0.29, 0.717) is 17.9 Å². The zero-order valence-corrected chi connectivity index (χ0v) is 15.0. The van der Waals surface area contributed by atoms with Crippen LogP contribution < -0.4 is 4.74 Å². The smallest absolute Gasteiger partial charge is 0.132 e. The summed E-state index contributed by atoms with van der Waals surface area (Å²) in [4.78, 5) is 0. The third-order valence-electron chi connectivity index (χ3n) is 4.55. The normalized spacial score (nSPS) is 10.7. The van der Waals surface area contributed by atoms with Gasteiger partial charge in [0.05, 0.1) is 24.9 Å². The van der Waals surface area contributed by atoms with Crippen molar-refractivity contribution in [1.82, 2.24) is 9.78 Å². The van der Waals surface area contributed by atoms with Gasteiger partial charge < -0.3 is 9.84 Å². The molecule has 0 atom stereocenters. The SMILES string of the molecule is COc1ccc(Cn2ccc(-c3ccccc3)n2)c(O)c1-c1ccccc1. The molecule has 0 fully saturated rings. The Bertz CT molecular complexity index is 1040. The summed E-state index contributed by atoms with van der Waals surface area (Å²) in [5.41, 5.74) is 4.38. The van der Waals surface area contributed by atoms with Crippen LogP contribution in [0, 0.1) is 0 Å². The Morgan fingerprint density at radius 2 is 1.52 bits per heavy atom. The second-order valence-corrected chi connectivity index (χ2v) is 6.28. The highest BCUT2D eigenvalue weighted by molar-refractivity contribution is 5.78. The highest BCUT2D eigenvalue weighted by atomic mass is 16.5. The fourth-order valence-electron chi connectivity index (χ4n) is 3.18. The molecule has 0 unspecified atom stereocenters. The third-order valence-corrected chi connectivity index (χ3v) is 4.55. The third kappa shape index (κ3) is 3.42. The van der Waals surface area contributed by atoms with Gasteiger partial charge in [-0.1, -0.05) is 60.7 Å². The van der Waals surface area contributed by atoms with Gasteiger partial charge in [0.1, 0.15) is 11.5 Å². The van der Waals surface area contributed by atoms with E-state index in [1.807, 2.05) is 89.7 Å². The van der Waals surface area contributed by atoms with E-state index in [4.69, 9.17) is 4.74 Å². The quantitative estimate of drug-likeness (QED) is 0.549. The molecular formula is C23H20N2O2. The van der Waals surface area contributed by atoms with Gasteiger partial charge in [0, 0.05) is 17.3 Å². The first kappa shape index (κ1) is 16.9. The number of benzene rings is 3. The van der Waals surface area contributed by atoms with Crippen molar-refractivity contribution in [2.45, 2.75) is 6.54 Å². The molecule has 0 radical (unpaired) electrons. The van der Waals surface area contributed by atoms with Crippen molar-refractivity contribution < 1.29 is 9.84 Å². The van der Waals surface area contributed by atoms with Crippen LogP contribution in [-0.2, 0) is 6.54 Å². The maximum absolute atomic E-state index is 10.9. The van der Waals surface area contributed by atoms with Gasteiger partial charge in [-0.15, -0.1) is 0 Å². The predicted molar refractivity (Wildman–Crippen MR) is 107 cm³/mol. The molecule has 4 nitrogen and oxygen atoms in total. The Kier molecular flexibility index (Phi) is 4.62. The fourth-order valence-corrected chi connectivity index (χ4v) is 3.18. The van der Waals surface area contributed by atoms with Gasteiger partial charge in [0.15, 0.2) is 0 Å². The lowest BCUT2D eigenvalue weighted by molar-refractivity contribution is 0.408. The van der Waals surface area contributed by atoms with Gasteiger partial charge in [0.25, 0.3) is 0 Å². The van der Waals surface area contributed by atoms with Crippen LogP contribution in [0.5, 0.6) is 11.5 Å². The molecule has 0 amide bonds. The minimum atomic E-state index is 0.220. The van der Waals surface area contributed by atoms with Gasteiger partial charge in [-0.3, -0.25) is 4.68 Å². The molecule has 0 bridgehead atoms. The Morgan fingerprint density at radius 1 is 0.852 bits per heavy atom. The average molecular weight is 356 g/mol. The molecule has 0 saturated carbocycles. The van der Waals surface area contributed by atoms with Gasteiger partial charge in [-0.25, -0.2) is 0 Å². The maximum Gasteiger partial charge on any atom is 0.132 e. The van der Waals surface area contributed by atoms with Gasteiger partial charge in [-0.2, -0.15) is 5.10 Å². The Labute approximate surface area is 158 Å². The number of phenolic OH excluding ortho intramolecular Hbond substituents is 1. The number of hydrogen-bond acceptors (Lipinski definition) is 3. The van der Waals surface area contributed by atoms with E-state index in [2.05, 4.69) is 5.10 Å². The molecule has 1 heterocycles. The van der Waals surface area contributed by atoms with Crippen LogP contribution in [-0.4, -0.2) is 22.0 Å². The maximum atomic E-state index is 10.9. The summed E-state index contributed by atoms with van der Waals surface area (Å²) in [5, 5.41) is 15.6. The summed E-state index contributed by atoms with van der Waals surface area (Å²) in [7, 11) is 1.61. The summed E-state index contributed by atoms with van der Waals surface area (Å²) in [5.74, 6) is 0.866. The monoisotopic (exact) mass is 356 g/mol. The summed E-state index contributed by atoms with van der Waals surface area (Å²) >= 11 is 0. The van der Waals surface area contributed by atoms with Crippen LogP contribution >= 0.6 is 0 Å². The van der Waals surface area contributed by atoms with Crippen LogP contribution in [0.2, 0.25) is 0 Å². The summed E-state index contributed by atoms with van der Waals surface area (Å²) < 4.78 is 7.30. The standard InChI is InChI=1S/C23H20N2O2/c1-27-21-13-12-19(23(26)22(21)18-10-6-3-7-11-18)16-25-15-14-20(24-25)17-8-4-2-5-9-17/h2-15,26H,16H2,1H3. The number of aromatic hydroxyl groups is 1. The summed E-state index contributed by atoms with van der Waals surface area (Å²) in [6.07, 6.45) is 1.92. The Balaban J connectivity index is 1.68. The fraction of sp³-hybridized carbons (Fsp3) is 0.0870. The number of methoxy groups -OCH3 is 1. The number of hydrogen-bond donors (Lipinski definition) is 1. The van der Waals surface area contributed by atoms with E-state index in [0.717, 1.165) is 22.4 Å². The molecule has 27 heavy (non-hydrogen) atoms. The molecule has 1 N–H and O–H groups in total. The molecule has 0 aliphatic heterocycles. The van der Waals surface area contributed by atoms with E-state index in [1.54, 1.807) is 7.11 Å². The first-order valence-electron chi connectivity index (χ1n) is 8.79. The lowest BCUT2D eigenvalue weighted by Crippen LogP contribution is -2.02. The molecule has 3 aromatic carbocycles. The number of nitrogens with zero attached hydrogens (tertiary/aromatic N) is 2. The topological polar surface area (TPSA) is 47.3 Å². The second-order valence-electron chi connectivity index (χ2n) is 6.28. The number of aromatic nitrogens is 2. The van der Waals surface area contributed by atoms with E-state index in [1.165, 1.54) is 0 Å². The van der Waals surface area contributed by atoms with Crippen molar-refractivity contribution in [3.8, 4) is 33.9 Å². The highest BCUT2D eigenvalue weighted by Gasteiger charge is 2.16. The van der Waals surface area contributed by atoms with Crippen LogP contribution in [0.25, 0.3) is 22.4 Å². The molecular weight excluding hydrogens is 336 g/mol. The summed E-state index contributed by atoms with van der Waals surface area (Å²) in [6.45, 7) is 0.475. The number of ether oxygens (including phenoxy) is 1.